The molecule has 0 unspecified atom stereocenters. The lowest BCUT2D eigenvalue weighted by Crippen LogP contribution is -2.02. The highest BCUT2D eigenvalue weighted by Crippen LogP contribution is 2.22. The van der Waals surface area contributed by atoms with Gasteiger partial charge in [-0.2, -0.15) is 0 Å². The Hall–Kier alpha value is -1.02. The first-order chi connectivity index (χ1) is 6.56. The van der Waals surface area contributed by atoms with Crippen molar-refractivity contribution >= 4 is 17.6 Å². The Balaban J connectivity index is 3.07. The number of benzene rings is 1. The number of hydrogen-bond donors (Lipinski definition) is 0. The van der Waals surface area contributed by atoms with Crippen LogP contribution < -0.4 is 0 Å². The Labute approximate surface area is 88.8 Å². The highest BCUT2D eigenvalue weighted by molar-refractivity contribution is 6.33. The minimum Gasteiger partial charge on any atom is -0.465 e. The molecule has 75 valence electrons. The van der Waals surface area contributed by atoms with Crippen molar-refractivity contribution in [3.05, 3.63) is 40.3 Å². The topological polar surface area (TPSA) is 26.3 Å². The second kappa shape index (κ2) is 4.47. The Morgan fingerprint density at radius 2 is 2.00 bits per heavy atom. The van der Waals surface area contributed by atoms with Gasteiger partial charge >= 0.3 is 5.97 Å². The molecule has 0 N–H and O–H groups in total. The van der Waals surface area contributed by atoms with Crippen molar-refractivity contribution in [2.24, 2.45) is 0 Å². The molecule has 2 nitrogen and oxygen atoms in total. The van der Waals surface area contributed by atoms with Crippen molar-refractivity contribution in [3.8, 4) is 0 Å². The number of halogens is 1. The van der Waals surface area contributed by atoms with E-state index in [2.05, 4.69) is 4.74 Å². The van der Waals surface area contributed by atoms with Crippen LogP contribution in [0.3, 0.4) is 0 Å². The van der Waals surface area contributed by atoms with Gasteiger partial charge in [0, 0.05) is 0 Å². The molecule has 0 heterocycles. The van der Waals surface area contributed by atoms with E-state index in [1.54, 1.807) is 12.1 Å². The Morgan fingerprint density at radius 3 is 2.43 bits per heavy atom. The van der Waals surface area contributed by atoms with E-state index in [1.807, 2.05) is 19.9 Å². The van der Waals surface area contributed by atoms with Gasteiger partial charge < -0.3 is 4.74 Å². The second-order valence-electron chi connectivity index (χ2n) is 3.19. The van der Waals surface area contributed by atoms with Gasteiger partial charge in [0.2, 0.25) is 0 Å². The summed E-state index contributed by atoms with van der Waals surface area (Å²) in [5, 5.41) is 0.426. The lowest BCUT2D eigenvalue weighted by molar-refractivity contribution is 0.0601. The third kappa shape index (κ3) is 2.26. The predicted octanol–water partition coefficient (Wildman–Crippen LogP) is 3.09. The Morgan fingerprint density at radius 1 is 1.36 bits per heavy atom. The van der Waals surface area contributed by atoms with E-state index < -0.39 is 5.97 Å². The van der Waals surface area contributed by atoms with E-state index in [1.165, 1.54) is 7.11 Å². The molecule has 0 bridgehead atoms. The first kappa shape index (κ1) is 11.1. The van der Waals surface area contributed by atoms with E-state index in [0.717, 1.165) is 11.5 Å². The molecule has 0 fully saturated rings. The van der Waals surface area contributed by atoms with Crippen LogP contribution in [0.4, 0.5) is 0 Å². The molecule has 3 heteroatoms. The van der Waals surface area contributed by atoms with Crippen LogP contribution in [0.1, 0.15) is 29.8 Å². The molecule has 0 spiro atoms. The number of carbonyl (C=O) groups excluding carboxylic acids is 1. The number of ether oxygens (including phenoxy) is 1. The van der Waals surface area contributed by atoms with Crippen molar-refractivity contribution in [1.29, 1.82) is 0 Å². The molecule has 1 aromatic carbocycles. The van der Waals surface area contributed by atoms with Crippen LogP contribution in [0.25, 0.3) is 0 Å². The maximum Gasteiger partial charge on any atom is 0.339 e. The zero-order valence-electron chi connectivity index (χ0n) is 8.43. The van der Waals surface area contributed by atoms with Gasteiger partial charge in [-0.25, -0.2) is 4.79 Å². The third-order valence-corrected chi connectivity index (χ3v) is 2.26. The van der Waals surface area contributed by atoms with Gasteiger partial charge in [0.1, 0.15) is 0 Å². The number of carbonyl (C=O) groups is 1. The van der Waals surface area contributed by atoms with Crippen LogP contribution in [0.15, 0.2) is 18.2 Å². The standard InChI is InChI=1S/C11H12ClO2/c1-7(2)8-4-5-9(10(12)6-8)11(13)14-3/h4-6H,1-3H3. The Kier molecular flexibility index (Phi) is 3.53. The van der Waals surface area contributed by atoms with Crippen LogP contribution in [0.5, 0.6) is 0 Å². The van der Waals surface area contributed by atoms with Gasteiger partial charge in [-0.1, -0.05) is 31.5 Å². The number of hydrogen-bond acceptors (Lipinski definition) is 2. The predicted molar refractivity (Wildman–Crippen MR) is 56.5 cm³/mol. The molecule has 0 aliphatic rings. The molecular weight excluding hydrogens is 200 g/mol. The maximum atomic E-state index is 11.2. The summed E-state index contributed by atoms with van der Waals surface area (Å²) >= 11 is 5.93. The summed E-state index contributed by atoms with van der Waals surface area (Å²) in [5.41, 5.74) is 1.43. The maximum absolute atomic E-state index is 11.2. The fraction of sp³-hybridized carbons (Fsp3) is 0.273. The van der Waals surface area contributed by atoms with Crippen molar-refractivity contribution in [1.82, 2.24) is 0 Å². The van der Waals surface area contributed by atoms with Gasteiger partial charge in [-0.3, -0.25) is 0 Å². The summed E-state index contributed by atoms with van der Waals surface area (Å²) in [4.78, 5) is 11.2. The quantitative estimate of drug-likeness (QED) is 0.703. The third-order valence-electron chi connectivity index (χ3n) is 1.95. The number of methoxy groups -OCH3 is 1. The summed E-state index contributed by atoms with van der Waals surface area (Å²) in [6.07, 6.45) is 0. The highest BCUT2D eigenvalue weighted by Gasteiger charge is 2.11. The average molecular weight is 212 g/mol. The minimum absolute atomic E-state index is 0.402. The van der Waals surface area contributed by atoms with Crippen LogP contribution >= 0.6 is 11.6 Å². The monoisotopic (exact) mass is 211 g/mol. The Bertz CT molecular complexity index is 345. The second-order valence-corrected chi connectivity index (χ2v) is 3.59. The lowest BCUT2D eigenvalue weighted by Gasteiger charge is -2.07. The van der Waals surface area contributed by atoms with Crippen molar-refractivity contribution < 1.29 is 9.53 Å². The van der Waals surface area contributed by atoms with Crippen LogP contribution in [0, 0.1) is 5.92 Å². The first-order valence-electron chi connectivity index (χ1n) is 4.24. The molecule has 0 aliphatic heterocycles. The van der Waals surface area contributed by atoms with Crippen molar-refractivity contribution in [2.45, 2.75) is 13.8 Å². The molecule has 0 saturated carbocycles. The van der Waals surface area contributed by atoms with E-state index in [9.17, 15) is 4.79 Å². The molecule has 0 saturated heterocycles. The zero-order valence-corrected chi connectivity index (χ0v) is 9.18. The van der Waals surface area contributed by atoms with Gasteiger partial charge in [0.25, 0.3) is 0 Å². The molecule has 0 aliphatic carbocycles. The van der Waals surface area contributed by atoms with Crippen LogP contribution in [-0.4, -0.2) is 13.1 Å². The number of rotatable bonds is 2. The van der Waals surface area contributed by atoms with Gasteiger partial charge in [-0.15, -0.1) is 0 Å². The number of esters is 1. The molecule has 1 rings (SSSR count). The summed E-state index contributed by atoms with van der Waals surface area (Å²) in [5.74, 6) is 0.749. The van der Waals surface area contributed by atoms with Gasteiger partial charge in [-0.05, 0) is 23.6 Å². The molecule has 0 aromatic heterocycles. The minimum atomic E-state index is -0.407. The zero-order chi connectivity index (χ0) is 10.7. The molecule has 1 aromatic rings. The largest absolute Gasteiger partial charge is 0.465 e. The first-order valence-corrected chi connectivity index (χ1v) is 4.62. The SMILES string of the molecule is COC(=O)c1ccc([C](C)C)cc1Cl. The van der Waals surface area contributed by atoms with Crippen LogP contribution in [-0.2, 0) is 4.74 Å². The van der Waals surface area contributed by atoms with Crippen molar-refractivity contribution in [2.75, 3.05) is 7.11 Å². The van der Waals surface area contributed by atoms with E-state index in [-0.39, 0.29) is 0 Å². The van der Waals surface area contributed by atoms with Crippen molar-refractivity contribution in [3.63, 3.8) is 0 Å². The van der Waals surface area contributed by atoms with Gasteiger partial charge in [0.05, 0.1) is 17.7 Å². The fourth-order valence-electron chi connectivity index (χ4n) is 1.10. The normalized spacial score (nSPS) is 10.4. The molecule has 0 atom stereocenters. The summed E-state index contributed by atoms with van der Waals surface area (Å²) < 4.78 is 4.59. The molecule has 1 radical (unpaired) electrons. The fourth-order valence-corrected chi connectivity index (χ4v) is 1.36. The summed E-state index contributed by atoms with van der Waals surface area (Å²) in [6, 6.07) is 5.30. The van der Waals surface area contributed by atoms with E-state index >= 15 is 0 Å². The highest BCUT2D eigenvalue weighted by atomic mass is 35.5. The smallest absolute Gasteiger partial charge is 0.339 e. The summed E-state index contributed by atoms with van der Waals surface area (Å²) in [7, 11) is 1.34. The van der Waals surface area contributed by atoms with E-state index in [4.69, 9.17) is 11.6 Å². The average Bonchev–Trinajstić information content (AvgIpc) is 2.16. The summed E-state index contributed by atoms with van der Waals surface area (Å²) in [6.45, 7) is 3.98. The molecule has 14 heavy (non-hydrogen) atoms. The van der Waals surface area contributed by atoms with Crippen LogP contribution in [0.2, 0.25) is 5.02 Å². The van der Waals surface area contributed by atoms with Gasteiger partial charge in [0.15, 0.2) is 0 Å². The molecule has 0 amide bonds. The van der Waals surface area contributed by atoms with E-state index in [0.29, 0.717) is 10.6 Å². The molecular formula is C11H12ClO2. The lowest BCUT2D eigenvalue weighted by atomic mass is 10.0.